The first-order valence-corrected chi connectivity index (χ1v) is 10.2. The molecule has 1 amide bonds. The number of benzene rings is 2. The molecular formula is C20H22N4O3S. The molecule has 0 saturated carbocycles. The van der Waals surface area contributed by atoms with E-state index in [4.69, 9.17) is 0 Å². The van der Waals surface area contributed by atoms with Gasteiger partial charge in [-0.05, 0) is 37.6 Å². The Kier molecular flexibility index (Phi) is 5.51. The predicted octanol–water partition coefficient (Wildman–Crippen LogP) is 2.77. The Morgan fingerprint density at radius 2 is 1.79 bits per heavy atom. The number of hydrogen-bond acceptors (Lipinski definition) is 4. The first-order valence-electron chi connectivity index (χ1n) is 8.73. The van der Waals surface area contributed by atoms with Crippen molar-refractivity contribution in [1.29, 1.82) is 0 Å². The Hall–Kier alpha value is -3.13. The second-order valence-corrected chi connectivity index (χ2v) is 8.10. The molecule has 8 heteroatoms. The monoisotopic (exact) mass is 398 g/mol. The SMILES string of the molecule is Cc1nn(C)c(C)c1S(=O)(=O)Nc1cccc(C(=O)NCc2ccccc2)c1. The number of nitrogens with one attached hydrogen (secondary N) is 2. The van der Waals surface area contributed by atoms with Crippen LogP contribution < -0.4 is 10.0 Å². The molecule has 0 aliphatic rings. The third-order valence-corrected chi connectivity index (χ3v) is 6.02. The van der Waals surface area contributed by atoms with Gasteiger partial charge in [-0.15, -0.1) is 0 Å². The normalized spacial score (nSPS) is 11.2. The van der Waals surface area contributed by atoms with Crippen molar-refractivity contribution in [1.82, 2.24) is 15.1 Å². The van der Waals surface area contributed by atoms with E-state index in [-0.39, 0.29) is 10.8 Å². The molecule has 0 fully saturated rings. The second kappa shape index (κ2) is 7.85. The summed E-state index contributed by atoms with van der Waals surface area (Å²) in [5.74, 6) is -0.279. The molecule has 2 aromatic carbocycles. The minimum Gasteiger partial charge on any atom is -0.348 e. The number of hydrogen-bond donors (Lipinski definition) is 2. The zero-order chi connectivity index (χ0) is 20.3. The van der Waals surface area contributed by atoms with Gasteiger partial charge in [0.1, 0.15) is 4.90 Å². The summed E-state index contributed by atoms with van der Waals surface area (Å²) in [6, 6.07) is 15.9. The van der Waals surface area contributed by atoms with Crippen LogP contribution in [0.4, 0.5) is 5.69 Å². The van der Waals surface area contributed by atoms with Gasteiger partial charge in [-0.2, -0.15) is 5.10 Å². The highest BCUT2D eigenvalue weighted by Gasteiger charge is 2.24. The minimum absolute atomic E-state index is 0.147. The fourth-order valence-corrected chi connectivity index (χ4v) is 4.44. The summed E-state index contributed by atoms with van der Waals surface area (Å²) in [5, 5.41) is 6.98. The highest BCUT2D eigenvalue weighted by molar-refractivity contribution is 7.92. The highest BCUT2D eigenvalue weighted by atomic mass is 32.2. The van der Waals surface area contributed by atoms with Gasteiger partial charge in [0.15, 0.2) is 0 Å². The van der Waals surface area contributed by atoms with E-state index in [1.165, 1.54) is 10.7 Å². The van der Waals surface area contributed by atoms with E-state index in [0.29, 0.717) is 29.2 Å². The zero-order valence-corrected chi connectivity index (χ0v) is 16.7. The van der Waals surface area contributed by atoms with E-state index in [1.807, 2.05) is 30.3 Å². The Morgan fingerprint density at radius 3 is 2.43 bits per heavy atom. The third-order valence-electron chi connectivity index (χ3n) is 4.38. The first-order chi connectivity index (χ1) is 13.3. The average Bonchev–Trinajstić information content (AvgIpc) is 2.92. The standard InChI is InChI=1S/C20H22N4O3S/c1-14-19(15(2)24(3)22-14)28(26,27)23-18-11-7-10-17(12-18)20(25)21-13-16-8-5-4-6-9-16/h4-12,23H,13H2,1-3H3,(H,21,25). The van der Waals surface area contributed by atoms with Crippen LogP contribution in [0, 0.1) is 13.8 Å². The number of carbonyl (C=O) groups excluding carboxylic acids is 1. The lowest BCUT2D eigenvalue weighted by Crippen LogP contribution is -2.23. The molecular weight excluding hydrogens is 376 g/mol. The molecule has 0 atom stereocenters. The Morgan fingerprint density at radius 1 is 1.07 bits per heavy atom. The summed E-state index contributed by atoms with van der Waals surface area (Å²) in [4.78, 5) is 12.6. The lowest BCUT2D eigenvalue weighted by molar-refractivity contribution is 0.0951. The van der Waals surface area contributed by atoms with Gasteiger partial charge >= 0.3 is 0 Å². The van der Waals surface area contributed by atoms with Crippen LogP contribution in [-0.2, 0) is 23.6 Å². The average molecular weight is 398 g/mol. The number of sulfonamides is 1. The van der Waals surface area contributed by atoms with Crippen molar-refractivity contribution in [3.63, 3.8) is 0 Å². The van der Waals surface area contributed by atoms with Crippen molar-refractivity contribution in [3.8, 4) is 0 Å². The van der Waals surface area contributed by atoms with Gasteiger partial charge in [0.05, 0.1) is 11.4 Å². The smallest absolute Gasteiger partial charge is 0.265 e. The van der Waals surface area contributed by atoms with E-state index in [2.05, 4.69) is 15.1 Å². The van der Waals surface area contributed by atoms with Gasteiger partial charge in [0, 0.05) is 24.8 Å². The molecule has 2 N–H and O–H groups in total. The number of rotatable bonds is 6. The van der Waals surface area contributed by atoms with Crippen LogP contribution in [0.2, 0.25) is 0 Å². The van der Waals surface area contributed by atoms with E-state index >= 15 is 0 Å². The maximum Gasteiger partial charge on any atom is 0.265 e. The molecule has 0 spiro atoms. The molecule has 7 nitrogen and oxygen atoms in total. The quantitative estimate of drug-likeness (QED) is 0.668. The van der Waals surface area contributed by atoms with Crippen LogP contribution in [-0.4, -0.2) is 24.1 Å². The number of aryl methyl sites for hydroxylation is 2. The van der Waals surface area contributed by atoms with Gasteiger partial charge in [-0.25, -0.2) is 8.42 Å². The topological polar surface area (TPSA) is 93.1 Å². The van der Waals surface area contributed by atoms with Gasteiger partial charge < -0.3 is 5.32 Å². The van der Waals surface area contributed by atoms with Gasteiger partial charge in [-0.3, -0.25) is 14.2 Å². The van der Waals surface area contributed by atoms with Crippen molar-refractivity contribution < 1.29 is 13.2 Å². The van der Waals surface area contributed by atoms with Crippen LogP contribution in [0.15, 0.2) is 59.5 Å². The van der Waals surface area contributed by atoms with E-state index < -0.39 is 10.0 Å². The van der Waals surface area contributed by atoms with Crippen molar-refractivity contribution >= 4 is 21.6 Å². The number of aromatic nitrogens is 2. The molecule has 28 heavy (non-hydrogen) atoms. The zero-order valence-electron chi connectivity index (χ0n) is 15.9. The summed E-state index contributed by atoms with van der Waals surface area (Å²) >= 11 is 0. The molecule has 0 unspecified atom stereocenters. The van der Waals surface area contributed by atoms with Crippen molar-refractivity contribution in [2.45, 2.75) is 25.3 Å². The Labute approximate surface area is 164 Å². The minimum atomic E-state index is -3.82. The van der Waals surface area contributed by atoms with Crippen LogP contribution in [0.25, 0.3) is 0 Å². The van der Waals surface area contributed by atoms with Crippen molar-refractivity contribution in [2.75, 3.05) is 4.72 Å². The Balaban J connectivity index is 1.76. The predicted molar refractivity (Wildman–Crippen MR) is 108 cm³/mol. The number of carbonyl (C=O) groups is 1. The molecule has 0 saturated heterocycles. The molecule has 0 bridgehead atoms. The van der Waals surface area contributed by atoms with Crippen LogP contribution in [0.1, 0.15) is 27.3 Å². The fourth-order valence-electron chi connectivity index (χ4n) is 2.95. The molecule has 0 radical (unpaired) electrons. The molecule has 0 aliphatic heterocycles. The molecule has 1 aromatic heterocycles. The molecule has 146 valence electrons. The molecule has 1 heterocycles. The fraction of sp³-hybridized carbons (Fsp3) is 0.200. The lowest BCUT2D eigenvalue weighted by atomic mass is 10.2. The summed E-state index contributed by atoms with van der Waals surface area (Å²) in [6.07, 6.45) is 0. The van der Waals surface area contributed by atoms with E-state index in [1.54, 1.807) is 39.1 Å². The maximum atomic E-state index is 12.8. The third kappa shape index (κ3) is 4.23. The van der Waals surface area contributed by atoms with Crippen LogP contribution >= 0.6 is 0 Å². The largest absolute Gasteiger partial charge is 0.348 e. The summed E-state index contributed by atoms with van der Waals surface area (Å²) in [7, 11) is -2.12. The number of anilines is 1. The second-order valence-electron chi connectivity index (χ2n) is 6.48. The summed E-state index contributed by atoms with van der Waals surface area (Å²) < 4.78 is 29.6. The molecule has 0 aliphatic carbocycles. The van der Waals surface area contributed by atoms with Crippen LogP contribution in [0.3, 0.4) is 0 Å². The van der Waals surface area contributed by atoms with E-state index in [9.17, 15) is 13.2 Å². The molecule has 3 rings (SSSR count). The van der Waals surface area contributed by atoms with Crippen LogP contribution in [0.5, 0.6) is 0 Å². The van der Waals surface area contributed by atoms with Gasteiger partial charge in [-0.1, -0.05) is 36.4 Å². The maximum absolute atomic E-state index is 12.8. The lowest BCUT2D eigenvalue weighted by Gasteiger charge is -2.10. The van der Waals surface area contributed by atoms with Gasteiger partial charge in [0.2, 0.25) is 0 Å². The van der Waals surface area contributed by atoms with E-state index in [0.717, 1.165) is 5.56 Å². The highest BCUT2D eigenvalue weighted by Crippen LogP contribution is 2.22. The Bertz CT molecular complexity index is 1110. The first kappa shape index (κ1) is 19.6. The summed E-state index contributed by atoms with van der Waals surface area (Å²) in [5.41, 5.74) is 2.63. The summed E-state index contributed by atoms with van der Waals surface area (Å²) in [6.45, 7) is 3.74. The van der Waals surface area contributed by atoms with Gasteiger partial charge in [0.25, 0.3) is 15.9 Å². The molecule has 3 aromatic rings. The number of amides is 1. The van der Waals surface area contributed by atoms with Crippen molar-refractivity contribution in [2.24, 2.45) is 7.05 Å². The number of nitrogens with zero attached hydrogens (tertiary/aromatic N) is 2. The van der Waals surface area contributed by atoms with Crippen molar-refractivity contribution in [3.05, 3.63) is 77.1 Å².